The maximum atomic E-state index is 12.5. The lowest BCUT2D eigenvalue weighted by atomic mass is 9.65. The molecule has 1 aliphatic carbocycles. The maximum absolute atomic E-state index is 12.5. The molecule has 0 aromatic heterocycles. The average molecular weight is 696 g/mol. The number of rotatable bonds is 14. The third kappa shape index (κ3) is 10.1. The van der Waals surface area contributed by atoms with Gasteiger partial charge in [0.2, 0.25) is 11.8 Å². The van der Waals surface area contributed by atoms with Crippen LogP contribution in [0.2, 0.25) is 0 Å². The number of carbonyl (C=O) groups is 2. The Morgan fingerprint density at radius 2 is 1.63 bits per heavy atom. The number of carbonyl (C=O) groups excluding carboxylic acids is 2. The first kappa shape index (κ1) is 37.2. The van der Waals surface area contributed by atoms with E-state index in [-0.39, 0.29) is 30.6 Å². The fourth-order valence-corrected chi connectivity index (χ4v) is 8.95. The van der Waals surface area contributed by atoms with Crippen molar-refractivity contribution in [3.8, 4) is 11.1 Å². The van der Waals surface area contributed by atoms with Crippen LogP contribution in [-0.4, -0.2) is 53.6 Å². The second kappa shape index (κ2) is 16.4. The van der Waals surface area contributed by atoms with E-state index in [1.165, 1.54) is 26.2 Å². The zero-order chi connectivity index (χ0) is 36.0. The van der Waals surface area contributed by atoms with Gasteiger partial charge < -0.3 is 25.2 Å². The Kier molecular flexibility index (Phi) is 12.0. The summed E-state index contributed by atoms with van der Waals surface area (Å²) >= 11 is 0. The number of nitrogens with zero attached hydrogens (tertiary/aromatic N) is 1. The Labute approximate surface area is 304 Å². The van der Waals surface area contributed by atoms with Crippen LogP contribution >= 0.6 is 0 Å². The molecule has 5 atom stereocenters. The van der Waals surface area contributed by atoms with Crippen LogP contribution in [0.25, 0.3) is 11.1 Å². The van der Waals surface area contributed by atoms with E-state index in [4.69, 9.17) is 9.47 Å². The van der Waals surface area contributed by atoms with Crippen LogP contribution in [0.4, 0.5) is 0 Å². The van der Waals surface area contributed by atoms with Gasteiger partial charge in [0.25, 0.3) is 0 Å². The lowest BCUT2D eigenvalue weighted by Crippen LogP contribution is -2.42. The molecule has 3 aromatic rings. The summed E-state index contributed by atoms with van der Waals surface area (Å²) in [6, 6.07) is 25.5. The van der Waals surface area contributed by atoms with Crippen LogP contribution < -0.4 is 10.6 Å². The van der Waals surface area contributed by atoms with Gasteiger partial charge in [0.05, 0.1) is 18.8 Å². The Bertz CT molecular complexity index is 1640. The molecule has 1 saturated carbocycles. The summed E-state index contributed by atoms with van der Waals surface area (Å²) in [6.45, 7) is 12.0. The number of hydrogen-bond donors (Lipinski definition) is 3. The first-order valence-electron chi connectivity index (χ1n) is 18.9. The summed E-state index contributed by atoms with van der Waals surface area (Å²) in [6.07, 6.45) is 6.99. The normalized spacial score (nSPS) is 25.7. The molecule has 2 amide bonds. The number of benzene rings is 3. The topological polar surface area (TPSA) is 100 Å². The van der Waals surface area contributed by atoms with Crippen LogP contribution in [0.1, 0.15) is 114 Å². The van der Waals surface area contributed by atoms with E-state index >= 15 is 0 Å². The largest absolute Gasteiger partial charge is 0.392 e. The van der Waals surface area contributed by atoms with Gasteiger partial charge in [0.1, 0.15) is 0 Å². The van der Waals surface area contributed by atoms with E-state index in [9.17, 15) is 14.7 Å². The molecule has 2 heterocycles. The predicted molar refractivity (Wildman–Crippen MR) is 200 cm³/mol. The third-order valence-corrected chi connectivity index (χ3v) is 10.9. The Hall–Kier alpha value is -3.56. The van der Waals surface area contributed by atoms with E-state index in [1.54, 1.807) is 0 Å². The quantitative estimate of drug-likeness (QED) is 0.150. The maximum Gasteiger partial charge on any atom is 0.220 e. The van der Waals surface area contributed by atoms with Crippen molar-refractivity contribution in [1.29, 1.82) is 0 Å². The summed E-state index contributed by atoms with van der Waals surface area (Å²) in [5.74, 6) is 0.0217. The molecule has 2 bridgehead atoms. The highest BCUT2D eigenvalue weighted by Crippen LogP contribution is 2.53. The molecule has 274 valence electrons. The standard InChI is InChI=1S/C43H57N3O5/c1-30(48)44-19-7-5-6-14-40(49)45-25-32-10-8-11-34(20-32)35-12-9-13-36(21-35)41-50-38(22-39(51-41)33-17-15-31(27-47)16-18-33)26-46-29-43(4)24-37(46)23-42(2,3)28-43/h8-13,15-18,20-21,37-39,41,47H,5-7,14,19,22-29H2,1-4H3,(H,44,48)(H,45,49). The summed E-state index contributed by atoms with van der Waals surface area (Å²) in [4.78, 5) is 26.2. The molecule has 6 rings (SSSR count). The number of aliphatic hydroxyl groups excluding tert-OH is 1. The number of ether oxygens (including phenoxy) is 2. The minimum absolute atomic E-state index is 0.0186. The molecule has 3 N–H and O–H groups in total. The van der Waals surface area contributed by atoms with E-state index in [1.807, 2.05) is 24.3 Å². The van der Waals surface area contributed by atoms with Crippen molar-refractivity contribution in [3.05, 3.63) is 95.1 Å². The second-order valence-electron chi connectivity index (χ2n) is 16.4. The zero-order valence-electron chi connectivity index (χ0n) is 31.0. The van der Waals surface area contributed by atoms with E-state index < -0.39 is 6.29 Å². The summed E-state index contributed by atoms with van der Waals surface area (Å²) in [5.41, 5.74) is 6.89. The van der Waals surface area contributed by atoms with Crippen molar-refractivity contribution in [1.82, 2.24) is 15.5 Å². The highest BCUT2D eigenvalue weighted by molar-refractivity contribution is 5.76. The molecule has 3 aliphatic rings. The van der Waals surface area contributed by atoms with Crippen molar-refractivity contribution in [2.45, 2.75) is 117 Å². The van der Waals surface area contributed by atoms with Gasteiger partial charge in [-0.25, -0.2) is 0 Å². The molecule has 3 aromatic carbocycles. The van der Waals surface area contributed by atoms with Crippen LogP contribution in [0, 0.1) is 10.8 Å². The molecular weight excluding hydrogens is 638 g/mol. The molecule has 0 spiro atoms. The molecule has 8 nitrogen and oxygen atoms in total. The Balaban J connectivity index is 1.13. The third-order valence-electron chi connectivity index (χ3n) is 10.9. The average Bonchev–Trinajstić information content (AvgIpc) is 3.35. The van der Waals surface area contributed by atoms with Crippen LogP contribution in [0.3, 0.4) is 0 Å². The van der Waals surface area contributed by atoms with E-state index in [0.29, 0.717) is 36.4 Å². The molecule has 2 aliphatic heterocycles. The molecule has 8 heteroatoms. The fraction of sp³-hybridized carbons (Fsp3) is 0.535. The molecule has 3 fully saturated rings. The first-order valence-corrected chi connectivity index (χ1v) is 18.9. The highest BCUT2D eigenvalue weighted by atomic mass is 16.7. The first-order chi connectivity index (χ1) is 24.5. The van der Waals surface area contributed by atoms with Crippen LogP contribution in [0.15, 0.2) is 72.8 Å². The summed E-state index contributed by atoms with van der Waals surface area (Å²) in [5, 5.41) is 15.5. The van der Waals surface area contributed by atoms with Gasteiger partial charge in [-0.3, -0.25) is 14.5 Å². The number of likely N-dealkylation sites (tertiary alicyclic amines) is 1. The van der Waals surface area contributed by atoms with Gasteiger partial charge in [-0.1, -0.05) is 87.9 Å². The molecule has 2 saturated heterocycles. The van der Waals surface area contributed by atoms with Crippen molar-refractivity contribution in [2.75, 3.05) is 19.6 Å². The van der Waals surface area contributed by atoms with Gasteiger partial charge in [-0.2, -0.15) is 0 Å². The van der Waals surface area contributed by atoms with Gasteiger partial charge in [0.15, 0.2) is 6.29 Å². The number of aliphatic hydroxyl groups is 1. The van der Waals surface area contributed by atoms with Crippen molar-refractivity contribution < 1.29 is 24.2 Å². The van der Waals surface area contributed by atoms with Crippen LogP contribution in [-0.2, 0) is 32.2 Å². The number of hydrogen-bond acceptors (Lipinski definition) is 6. The fourth-order valence-electron chi connectivity index (χ4n) is 8.95. The smallest absolute Gasteiger partial charge is 0.220 e. The van der Waals surface area contributed by atoms with Gasteiger partial charge in [0, 0.05) is 57.5 Å². The van der Waals surface area contributed by atoms with E-state index in [2.05, 4.69) is 84.8 Å². The molecule has 51 heavy (non-hydrogen) atoms. The van der Waals surface area contributed by atoms with Crippen molar-refractivity contribution in [3.63, 3.8) is 0 Å². The lowest BCUT2D eigenvalue weighted by molar-refractivity contribution is -0.253. The lowest BCUT2D eigenvalue weighted by Gasteiger charge is -2.41. The van der Waals surface area contributed by atoms with Gasteiger partial charge in [-0.15, -0.1) is 0 Å². The van der Waals surface area contributed by atoms with Gasteiger partial charge in [-0.05, 0) is 82.9 Å². The van der Waals surface area contributed by atoms with Crippen LogP contribution in [0.5, 0.6) is 0 Å². The number of fused-ring (bicyclic) bond motifs is 2. The highest BCUT2D eigenvalue weighted by Gasteiger charge is 2.50. The van der Waals surface area contributed by atoms with Crippen molar-refractivity contribution in [2.24, 2.45) is 10.8 Å². The Morgan fingerprint density at radius 3 is 2.39 bits per heavy atom. The monoisotopic (exact) mass is 695 g/mol. The Morgan fingerprint density at radius 1 is 0.863 bits per heavy atom. The molecule has 5 unspecified atom stereocenters. The number of amides is 2. The summed E-state index contributed by atoms with van der Waals surface area (Å²) in [7, 11) is 0. The second-order valence-corrected chi connectivity index (χ2v) is 16.4. The SMILES string of the molecule is CC(=O)NCCCCCC(=O)NCc1cccc(-c2cccc(C3OC(CN4CC5(C)CC4CC(C)(C)C5)CC(c4ccc(CO)cc4)O3)c2)c1. The predicted octanol–water partition coefficient (Wildman–Crippen LogP) is 7.60. The molecule has 0 radical (unpaired) electrons. The van der Waals surface area contributed by atoms with Crippen molar-refractivity contribution >= 4 is 11.8 Å². The van der Waals surface area contributed by atoms with Gasteiger partial charge >= 0.3 is 0 Å². The molecular formula is C43H57N3O5. The minimum atomic E-state index is -0.513. The number of nitrogens with one attached hydrogen (secondary N) is 2. The zero-order valence-corrected chi connectivity index (χ0v) is 31.0. The minimum Gasteiger partial charge on any atom is -0.392 e. The summed E-state index contributed by atoms with van der Waals surface area (Å²) < 4.78 is 13.6. The van der Waals surface area contributed by atoms with E-state index in [0.717, 1.165) is 72.2 Å². The number of unbranched alkanes of at least 4 members (excludes halogenated alkanes) is 2.